The van der Waals surface area contributed by atoms with Crippen molar-refractivity contribution < 1.29 is 18.3 Å². The molecule has 4 rings (SSSR count). The van der Waals surface area contributed by atoms with E-state index in [0.29, 0.717) is 19.5 Å². The van der Waals surface area contributed by atoms with E-state index in [0.717, 1.165) is 0 Å². The van der Waals surface area contributed by atoms with Crippen molar-refractivity contribution in [3.63, 3.8) is 0 Å². The molecule has 2 atom stereocenters. The van der Waals surface area contributed by atoms with Gasteiger partial charge in [0.25, 0.3) is 0 Å². The normalized spacial score (nSPS) is 21.3. The van der Waals surface area contributed by atoms with Crippen LogP contribution in [0.4, 0.5) is 16.2 Å². The fourth-order valence-corrected chi connectivity index (χ4v) is 6.03. The Labute approximate surface area is 177 Å². The van der Waals surface area contributed by atoms with Crippen molar-refractivity contribution >= 4 is 50.6 Å². The van der Waals surface area contributed by atoms with Gasteiger partial charge in [-0.15, -0.1) is 0 Å². The number of aromatic hydroxyl groups is 1. The van der Waals surface area contributed by atoms with Crippen molar-refractivity contribution in [1.29, 1.82) is 0 Å². The van der Waals surface area contributed by atoms with Crippen molar-refractivity contribution in [3.8, 4) is 5.75 Å². The molecule has 0 spiro atoms. The van der Waals surface area contributed by atoms with Crippen LogP contribution in [0.3, 0.4) is 0 Å². The van der Waals surface area contributed by atoms with Gasteiger partial charge in [0.1, 0.15) is 4.90 Å². The van der Waals surface area contributed by atoms with E-state index < -0.39 is 26.7 Å². The molecule has 2 saturated heterocycles. The van der Waals surface area contributed by atoms with Gasteiger partial charge in [0.2, 0.25) is 10.0 Å². The summed E-state index contributed by atoms with van der Waals surface area (Å²) in [5.74, 6) is -0.624. The third-order valence-corrected chi connectivity index (χ3v) is 7.63. The number of phenolic OH excluding ortho intramolecular Hbond substituents is 1. The van der Waals surface area contributed by atoms with Gasteiger partial charge in [-0.25, -0.2) is 18.2 Å². The third kappa shape index (κ3) is 3.74. The van der Waals surface area contributed by atoms with Crippen LogP contribution < -0.4 is 16.0 Å². The molecule has 2 aliphatic rings. The van der Waals surface area contributed by atoms with Gasteiger partial charge in [-0.3, -0.25) is 0 Å². The molecule has 1 aromatic carbocycles. The molecule has 3 heterocycles. The minimum atomic E-state index is -4.05. The summed E-state index contributed by atoms with van der Waals surface area (Å²) in [6.07, 6.45) is 2.18. The minimum absolute atomic E-state index is 0.0870. The summed E-state index contributed by atoms with van der Waals surface area (Å²) in [6.45, 7) is 0.856. The van der Waals surface area contributed by atoms with E-state index in [4.69, 9.17) is 23.2 Å². The molecule has 2 bridgehead atoms. The second kappa shape index (κ2) is 7.62. The zero-order chi connectivity index (χ0) is 20.8. The number of phenols is 1. The highest BCUT2D eigenvalue weighted by Gasteiger charge is 2.45. The van der Waals surface area contributed by atoms with Crippen LogP contribution in [-0.4, -0.2) is 54.0 Å². The van der Waals surface area contributed by atoms with Crippen molar-refractivity contribution in [2.45, 2.75) is 23.4 Å². The first-order valence-electron chi connectivity index (χ1n) is 8.72. The highest BCUT2D eigenvalue weighted by Crippen LogP contribution is 2.41. The summed E-state index contributed by atoms with van der Waals surface area (Å²) >= 11 is 12.0. The highest BCUT2D eigenvalue weighted by molar-refractivity contribution is 7.89. The molecule has 2 aromatic rings. The molecule has 0 aliphatic carbocycles. The number of halogens is 2. The van der Waals surface area contributed by atoms with Crippen molar-refractivity contribution in [3.05, 3.63) is 40.6 Å². The molecule has 0 radical (unpaired) electrons. The van der Waals surface area contributed by atoms with Crippen LogP contribution in [-0.2, 0) is 10.0 Å². The summed E-state index contributed by atoms with van der Waals surface area (Å²) in [4.78, 5) is 15.7. The number of sulfonamides is 1. The van der Waals surface area contributed by atoms with Crippen LogP contribution in [0, 0.1) is 0 Å². The molecular weight excluding hydrogens is 441 g/mol. The van der Waals surface area contributed by atoms with Crippen molar-refractivity contribution in [2.75, 3.05) is 23.7 Å². The van der Waals surface area contributed by atoms with E-state index in [1.807, 2.05) is 0 Å². The van der Waals surface area contributed by atoms with E-state index in [1.165, 1.54) is 22.6 Å². The predicted molar refractivity (Wildman–Crippen MR) is 109 cm³/mol. The zero-order valence-corrected chi connectivity index (χ0v) is 17.2. The molecule has 12 heteroatoms. The summed E-state index contributed by atoms with van der Waals surface area (Å²) in [6, 6.07) is 4.94. The van der Waals surface area contributed by atoms with E-state index in [1.54, 1.807) is 12.1 Å². The van der Waals surface area contributed by atoms with Gasteiger partial charge in [-0.05, 0) is 30.7 Å². The zero-order valence-electron chi connectivity index (χ0n) is 14.9. The number of hydrogen-bond donors (Lipinski definition) is 4. The van der Waals surface area contributed by atoms with E-state index in [-0.39, 0.29) is 33.6 Å². The Hall–Kier alpha value is -2.11. The fourth-order valence-electron chi connectivity index (χ4n) is 3.58. The Morgan fingerprint density at radius 1 is 1.24 bits per heavy atom. The number of piperazine rings is 1. The molecule has 2 fully saturated rings. The Bertz CT molecular complexity index is 1080. The number of nitrogens with zero attached hydrogens (tertiary/aromatic N) is 2. The standard InChI is InChI=1S/C17H17Cl2N5O4S/c18-11-3-4-12(22-17(26)23-13-2-1-5-20-16(13)19)14(25)15(11)29(27,28)24-8-9-6-10(24)7-21-9/h1-5,9-10,21,25H,6-8H2,(H2,22,23,26)/t9-,10-/m0/s1. The number of hydrogen-bond acceptors (Lipinski definition) is 6. The Morgan fingerprint density at radius 3 is 2.66 bits per heavy atom. The van der Waals surface area contributed by atoms with Crippen LogP contribution in [0.15, 0.2) is 35.4 Å². The number of rotatable bonds is 4. The number of carbonyl (C=O) groups excluding carboxylic acids is 1. The van der Waals surface area contributed by atoms with E-state index in [9.17, 15) is 18.3 Å². The van der Waals surface area contributed by atoms with Gasteiger partial charge >= 0.3 is 6.03 Å². The summed E-state index contributed by atoms with van der Waals surface area (Å²) < 4.78 is 27.6. The Balaban J connectivity index is 1.60. The van der Waals surface area contributed by atoms with Crippen molar-refractivity contribution in [1.82, 2.24) is 14.6 Å². The number of anilines is 2. The minimum Gasteiger partial charge on any atom is -0.504 e. The molecule has 2 amide bonds. The van der Waals surface area contributed by atoms with Gasteiger partial charge < -0.3 is 21.1 Å². The van der Waals surface area contributed by atoms with Crippen LogP contribution >= 0.6 is 23.2 Å². The first-order valence-corrected chi connectivity index (χ1v) is 10.9. The number of pyridine rings is 1. The lowest BCUT2D eigenvalue weighted by atomic mass is 10.2. The number of benzene rings is 1. The molecule has 154 valence electrons. The first-order chi connectivity index (χ1) is 13.8. The number of amides is 2. The molecule has 4 N–H and O–H groups in total. The number of carbonyl (C=O) groups is 1. The topological polar surface area (TPSA) is 124 Å². The quantitative estimate of drug-likeness (QED) is 0.412. The third-order valence-electron chi connectivity index (χ3n) is 4.91. The highest BCUT2D eigenvalue weighted by atomic mass is 35.5. The van der Waals surface area contributed by atoms with Crippen LogP contribution in [0.5, 0.6) is 5.75 Å². The second-order valence-corrected chi connectivity index (χ2v) is 9.36. The van der Waals surface area contributed by atoms with Gasteiger partial charge in [0, 0.05) is 31.4 Å². The number of fused-ring (bicyclic) bond motifs is 2. The number of urea groups is 1. The molecule has 9 nitrogen and oxygen atoms in total. The average molecular weight is 458 g/mol. The Morgan fingerprint density at radius 2 is 2.00 bits per heavy atom. The Kier molecular flexibility index (Phi) is 5.30. The molecule has 0 saturated carbocycles. The molecule has 2 aliphatic heterocycles. The predicted octanol–water partition coefficient (Wildman–Crippen LogP) is 2.47. The van der Waals surface area contributed by atoms with Gasteiger partial charge in [-0.1, -0.05) is 23.2 Å². The van der Waals surface area contributed by atoms with Crippen LogP contribution in [0.2, 0.25) is 10.2 Å². The summed E-state index contributed by atoms with van der Waals surface area (Å²) in [5.41, 5.74) is 0.154. The molecule has 0 unspecified atom stereocenters. The lowest BCUT2D eigenvalue weighted by molar-refractivity contribution is 0.262. The molecule has 29 heavy (non-hydrogen) atoms. The smallest absolute Gasteiger partial charge is 0.323 e. The number of aromatic nitrogens is 1. The molecule has 1 aromatic heterocycles. The average Bonchev–Trinajstić information content (AvgIpc) is 3.30. The van der Waals surface area contributed by atoms with E-state index in [2.05, 4.69) is 20.9 Å². The lowest BCUT2D eigenvalue weighted by Gasteiger charge is -2.27. The first kappa shape index (κ1) is 20.2. The lowest BCUT2D eigenvalue weighted by Crippen LogP contribution is -2.46. The van der Waals surface area contributed by atoms with Gasteiger partial charge in [0.15, 0.2) is 10.9 Å². The second-order valence-electron chi connectivity index (χ2n) is 6.76. The van der Waals surface area contributed by atoms with Crippen molar-refractivity contribution in [2.24, 2.45) is 0 Å². The van der Waals surface area contributed by atoms with Gasteiger partial charge in [0.05, 0.1) is 16.4 Å². The maximum atomic E-state index is 13.1. The maximum absolute atomic E-state index is 13.1. The van der Waals surface area contributed by atoms with Crippen LogP contribution in [0.1, 0.15) is 6.42 Å². The largest absolute Gasteiger partial charge is 0.504 e. The fraction of sp³-hybridized carbons (Fsp3) is 0.294. The number of nitrogens with one attached hydrogen (secondary N) is 3. The SMILES string of the molecule is O=C(Nc1cccnc1Cl)Nc1ccc(Cl)c(S(=O)(=O)N2C[C@@H]3C[C@H]2CN3)c1O. The van der Waals surface area contributed by atoms with Crippen LogP contribution in [0.25, 0.3) is 0 Å². The van der Waals surface area contributed by atoms with E-state index >= 15 is 0 Å². The maximum Gasteiger partial charge on any atom is 0.323 e. The monoisotopic (exact) mass is 457 g/mol. The van der Waals surface area contributed by atoms with Gasteiger partial charge in [-0.2, -0.15) is 4.31 Å². The summed E-state index contributed by atoms with van der Waals surface area (Å²) in [5, 5.41) is 18.7. The summed E-state index contributed by atoms with van der Waals surface area (Å²) in [7, 11) is -4.05. The molecular formula is C17H17Cl2N5O4S.